The van der Waals surface area contributed by atoms with Gasteiger partial charge in [0.15, 0.2) is 0 Å². The lowest BCUT2D eigenvalue weighted by molar-refractivity contribution is -0.274. The molecule has 1 aliphatic rings. The van der Waals surface area contributed by atoms with Crippen molar-refractivity contribution >= 4 is 39.4 Å². The van der Waals surface area contributed by atoms with Gasteiger partial charge in [0.25, 0.3) is 0 Å². The van der Waals surface area contributed by atoms with Crippen molar-refractivity contribution < 1.29 is 32.2 Å². The van der Waals surface area contributed by atoms with Crippen LogP contribution in [-0.4, -0.2) is 30.9 Å². The highest BCUT2D eigenvalue weighted by Gasteiger charge is 2.49. The second-order valence-corrected chi connectivity index (χ2v) is 7.37. The maximum atomic E-state index is 12.4. The maximum absolute atomic E-state index is 12.4. The lowest BCUT2D eigenvalue weighted by Gasteiger charge is -2.28. The Bertz CT molecular complexity index is 701. The number of benzene rings is 1. The van der Waals surface area contributed by atoms with Crippen LogP contribution in [0, 0.1) is 5.92 Å². The first-order valence-corrected chi connectivity index (χ1v) is 8.76. The van der Waals surface area contributed by atoms with Gasteiger partial charge in [-0.3, -0.25) is 4.79 Å². The van der Waals surface area contributed by atoms with E-state index in [1.807, 2.05) is 0 Å². The summed E-state index contributed by atoms with van der Waals surface area (Å²) in [6.07, 6.45) is -3.50. The van der Waals surface area contributed by atoms with Gasteiger partial charge in [0.1, 0.15) is 11.3 Å². The van der Waals surface area contributed by atoms with Crippen molar-refractivity contribution in [2.24, 2.45) is 5.92 Å². The summed E-state index contributed by atoms with van der Waals surface area (Å²) in [6, 6.07) is 2.05. The van der Waals surface area contributed by atoms with Gasteiger partial charge in [0.05, 0.1) is 13.5 Å². The molecule has 1 atom stereocenters. The van der Waals surface area contributed by atoms with Crippen LogP contribution in [0.2, 0.25) is 5.02 Å². The van der Waals surface area contributed by atoms with E-state index in [1.165, 1.54) is 7.11 Å². The number of halogens is 5. The molecule has 10 heteroatoms. The monoisotopic (exact) mass is 457 g/mol. The Hall–Kier alpha value is -1.48. The molecule has 1 aliphatic carbocycles. The molecule has 2 rings (SSSR count). The molecule has 0 aliphatic heterocycles. The van der Waals surface area contributed by atoms with Gasteiger partial charge in [-0.05, 0) is 43.4 Å². The summed E-state index contributed by atoms with van der Waals surface area (Å²) in [5.41, 5.74) is -0.869. The quantitative estimate of drug-likeness (QED) is 0.655. The third-order valence-corrected chi connectivity index (χ3v) is 5.13. The number of carbonyl (C=O) groups is 2. The first-order chi connectivity index (χ1) is 12.0. The second-order valence-electron chi connectivity index (χ2n) is 6.11. The summed E-state index contributed by atoms with van der Waals surface area (Å²) < 4.78 is 45.7. The van der Waals surface area contributed by atoms with E-state index in [9.17, 15) is 22.8 Å². The SMILES string of the molecule is COC(=O)C(C)(NC(=O)Cc1c(Cl)cc(OC(F)(F)F)cc1Br)C1CC1. The zero-order valence-electron chi connectivity index (χ0n) is 13.9. The van der Waals surface area contributed by atoms with E-state index in [4.69, 9.17) is 16.3 Å². The summed E-state index contributed by atoms with van der Waals surface area (Å²) in [5.74, 6) is -1.57. The Morgan fingerprint density at radius 3 is 2.42 bits per heavy atom. The summed E-state index contributed by atoms with van der Waals surface area (Å²) in [6.45, 7) is 1.59. The van der Waals surface area contributed by atoms with Crippen LogP contribution in [0.3, 0.4) is 0 Å². The Balaban J connectivity index is 2.15. The highest BCUT2D eigenvalue weighted by Crippen LogP contribution is 2.40. The molecule has 0 radical (unpaired) electrons. The molecule has 0 bridgehead atoms. The van der Waals surface area contributed by atoms with Crippen molar-refractivity contribution in [3.8, 4) is 5.75 Å². The van der Waals surface area contributed by atoms with Crippen molar-refractivity contribution in [1.29, 1.82) is 0 Å². The van der Waals surface area contributed by atoms with Gasteiger partial charge in [-0.25, -0.2) is 4.79 Å². The first-order valence-electron chi connectivity index (χ1n) is 7.59. The van der Waals surface area contributed by atoms with Crippen LogP contribution in [0.25, 0.3) is 0 Å². The molecule has 0 aromatic heterocycles. The zero-order valence-corrected chi connectivity index (χ0v) is 16.2. The molecular formula is C16H16BrClF3NO4. The molecule has 1 aromatic carbocycles. The topological polar surface area (TPSA) is 64.6 Å². The molecule has 0 heterocycles. The smallest absolute Gasteiger partial charge is 0.467 e. The fourth-order valence-corrected chi connectivity index (χ4v) is 3.60. The van der Waals surface area contributed by atoms with Gasteiger partial charge in [-0.2, -0.15) is 0 Å². The van der Waals surface area contributed by atoms with Crippen LogP contribution < -0.4 is 10.1 Å². The van der Waals surface area contributed by atoms with E-state index in [0.717, 1.165) is 25.0 Å². The minimum Gasteiger partial charge on any atom is -0.467 e. The minimum absolute atomic E-state index is 0.0135. The van der Waals surface area contributed by atoms with E-state index in [0.29, 0.717) is 0 Å². The average molecular weight is 459 g/mol. The molecule has 0 saturated heterocycles. The van der Waals surface area contributed by atoms with E-state index < -0.39 is 29.5 Å². The van der Waals surface area contributed by atoms with Gasteiger partial charge in [-0.1, -0.05) is 27.5 Å². The van der Waals surface area contributed by atoms with Gasteiger partial charge in [0, 0.05) is 9.50 Å². The highest BCUT2D eigenvalue weighted by atomic mass is 79.9. The molecule has 1 amide bonds. The fourth-order valence-electron chi connectivity index (χ4n) is 2.63. The number of amides is 1. The van der Waals surface area contributed by atoms with Crippen molar-refractivity contribution in [3.05, 3.63) is 27.2 Å². The van der Waals surface area contributed by atoms with Gasteiger partial charge < -0.3 is 14.8 Å². The number of methoxy groups -OCH3 is 1. The van der Waals surface area contributed by atoms with Crippen LogP contribution in [-0.2, 0) is 20.7 Å². The predicted molar refractivity (Wildman–Crippen MR) is 90.8 cm³/mol. The van der Waals surface area contributed by atoms with Crippen molar-refractivity contribution in [2.45, 2.75) is 38.1 Å². The maximum Gasteiger partial charge on any atom is 0.573 e. The van der Waals surface area contributed by atoms with Crippen LogP contribution in [0.5, 0.6) is 5.75 Å². The largest absolute Gasteiger partial charge is 0.573 e. The van der Waals surface area contributed by atoms with Crippen molar-refractivity contribution in [1.82, 2.24) is 5.32 Å². The Kier molecular flexibility index (Phi) is 6.12. The molecule has 1 aromatic rings. The summed E-state index contributed by atoms with van der Waals surface area (Å²) in [7, 11) is 1.24. The molecule has 144 valence electrons. The molecule has 0 spiro atoms. The summed E-state index contributed by atoms with van der Waals surface area (Å²) >= 11 is 9.09. The molecule has 26 heavy (non-hydrogen) atoms. The van der Waals surface area contributed by atoms with E-state index >= 15 is 0 Å². The Morgan fingerprint density at radius 2 is 1.96 bits per heavy atom. The summed E-state index contributed by atoms with van der Waals surface area (Å²) in [5, 5.41) is 2.59. The number of nitrogens with one attached hydrogen (secondary N) is 1. The van der Waals surface area contributed by atoms with E-state index in [-0.39, 0.29) is 27.4 Å². The van der Waals surface area contributed by atoms with Crippen LogP contribution in [0.15, 0.2) is 16.6 Å². The number of alkyl halides is 3. The lowest BCUT2D eigenvalue weighted by Crippen LogP contribution is -2.55. The van der Waals surface area contributed by atoms with Gasteiger partial charge >= 0.3 is 12.3 Å². The summed E-state index contributed by atoms with van der Waals surface area (Å²) in [4.78, 5) is 24.4. The van der Waals surface area contributed by atoms with Gasteiger partial charge in [-0.15, -0.1) is 13.2 Å². The average Bonchev–Trinajstić information content (AvgIpc) is 3.33. The number of ether oxygens (including phenoxy) is 2. The van der Waals surface area contributed by atoms with Crippen LogP contribution >= 0.6 is 27.5 Å². The minimum atomic E-state index is -4.85. The molecule has 1 fully saturated rings. The van der Waals surface area contributed by atoms with Crippen molar-refractivity contribution in [2.75, 3.05) is 7.11 Å². The Morgan fingerprint density at radius 1 is 1.35 bits per heavy atom. The zero-order chi connectivity index (χ0) is 19.7. The number of esters is 1. The molecule has 1 N–H and O–H groups in total. The standard InChI is InChI=1S/C16H16BrClF3NO4/c1-15(8-3-4-8,14(24)25-2)22-13(23)7-10-11(17)5-9(6-12(10)18)26-16(19,20)21/h5-6,8H,3-4,7H2,1-2H3,(H,22,23). The second kappa shape index (κ2) is 7.64. The highest BCUT2D eigenvalue weighted by molar-refractivity contribution is 9.10. The van der Waals surface area contributed by atoms with Crippen molar-refractivity contribution in [3.63, 3.8) is 0 Å². The third-order valence-electron chi connectivity index (χ3n) is 4.09. The molecular weight excluding hydrogens is 443 g/mol. The number of rotatable bonds is 6. The lowest BCUT2D eigenvalue weighted by atomic mass is 9.95. The van der Waals surface area contributed by atoms with Crippen LogP contribution in [0.1, 0.15) is 25.3 Å². The third kappa shape index (κ3) is 5.03. The normalized spacial score (nSPS) is 16.6. The number of hydrogen-bond donors (Lipinski definition) is 1. The molecule has 5 nitrogen and oxygen atoms in total. The molecule has 1 saturated carbocycles. The molecule has 1 unspecified atom stereocenters. The fraction of sp³-hybridized carbons (Fsp3) is 0.500. The predicted octanol–water partition coefficient (Wildman–Crippen LogP) is 4.00. The Labute approximate surface area is 161 Å². The van der Waals surface area contributed by atoms with Crippen LogP contribution in [0.4, 0.5) is 13.2 Å². The number of carbonyl (C=O) groups excluding carboxylic acids is 2. The van der Waals surface area contributed by atoms with E-state index in [1.54, 1.807) is 6.92 Å². The number of hydrogen-bond acceptors (Lipinski definition) is 4. The van der Waals surface area contributed by atoms with E-state index in [2.05, 4.69) is 26.0 Å². The van der Waals surface area contributed by atoms with Gasteiger partial charge in [0.2, 0.25) is 5.91 Å². The first kappa shape index (κ1) is 20.8.